The molecule has 17 rings (SSSR count). The van der Waals surface area contributed by atoms with Crippen molar-refractivity contribution in [2.24, 2.45) is 0 Å². The third kappa shape index (κ3) is 7.58. The van der Waals surface area contributed by atoms with Gasteiger partial charge in [-0.15, -0.1) is 44.5 Å². The Hall–Kier alpha value is -8.39. The molecule has 0 spiro atoms. The monoisotopic (exact) mass is 1140 g/mol. The molecule has 0 atom stereocenters. The lowest BCUT2D eigenvalue weighted by molar-refractivity contribution is 1.15. The number of hydrogen-bond donors (Lipinski definition) is 0. The van der Waals surface area contributed by atoms with E-state index in [9.17, 15) is 0 Å². The van der Waals surface area contributed by atoms with Gasteiger partial charge in [0.15, 0.2) is 0 Å². The Bertz CT molecular complexity index is 5350. The quantitative estimate of drug-likeness (QED) is 0.217. The van der Waals surface area contributed by atoms with Gasteiger partial charge in [-0.3, -0.25) is 0 Å². The zero-order chi connectivity index (χ0) is 58.0. The predicted molar refractivity (Wildman–Crippen MR) is 404 cm³/mol. The lowest BCUT2D eigenvalue weighted by Gasteiger charge is -2.42. The van der Waals surface area contributed by atoms with Crippen LogP contribution in [0.3, 0.4) is 0 Å². The number of benzene rings is 12. The van der Waals surface area contributed by atoms with Crippen LogP contribution in [-0.2, 0) is 0 Å². The minimum Gasteiger partial charge on any atom is -0.310 e. The first-order valence-corrected chi connectivity index (χ1v) is 32.5. The molecule has 0 radical (unpaired) electrons. The van der Waals surface area contributed by atoms with Gasteiger partial charge < -0.3 is 9.47 Å². The van der Waals surface area contributed by atoms with Gasteiger partial charge in [0.2, 0.25) is 6.71 Å². The highest BCUT2D eigenvalue weighted by Crippen LogP contribution is 2.51. The van der Waals surface area contributed by atoms with Gasteiger partial charge in [-0.2, -0.15) is 0 Å². The smallest absolute Gasteiger partial charge is 0.249 e. The number of para-hydroxylation sites is 3. The summed E-state index contributed by atoms with van der Waals surface area (Å²) in [6, 6.07) is 81.2. The molecule has 12 aromatic carbocycles. The normalized spacial score (nSPS) is 12.7. The van der Waals surface area contributed by atoms with Crippen molar-refractivity contribution in [2.75, 3.05) is 4.90 Å². The fraction of sp³-hybridized carbons (Fsp3) is 0. The number of fused-ring (bicyclic) bond motifs is 13. The van der Waals surface area contributed by atoms with Crippen LogP contribution in [0.4, 0.5) is 17.1 Å². The summed E-state index contributed by atoms with van der Waals surface area (Å²) in [7, 11) is 18.4. The fourth-order valence-electron chi connectivity index (χ4n) is 14.8. The van der Waals surface area contributed by atoms with E-state index in [0.29, 0.717) is 0 Å². The minimum absolute atomic E-state index is 0.0536. The highest BCUT2D eigenvalue weighted by atomic mass is 32.2. The molecule has 0 unspecified atom stereocenters. The van der Waals surface area contributed by atoms with Crippen molar-refractivity contribution in [2.45, 2.75) is 9.79 Å². The van der Waals surface area contributed by atoms with Crippen LogP contribution in [-0.4, -0.2) is 74.1 Å². The molecule has 0 N–H and O–H groups in total. The molecule has 86 heavy (non-hydrogen) atoms. The standard InChI is InChI=1S/C72H51B9N2S3/c73-61-59-47-30-38(24-28-55(47)85-71(59)67(79)65(77)63(61)75)40-22-26-49-53(32-40)83(70-43(36-12-3-1-4-13-36)18-11-19-44(70)37-14-5-2-6-15-37)54-34-42(82-51-20-9-7-16-45(51)46-17-8-10-21-52(46)82)35-58-69(54)81(49)50-27-23-41(33-57(50)84-58)39-25-29-56-48(31-39)60-62(74)64(76)66(78)68(80)72(60)86-56/h1-35H,73-80H2. The maximum Gasteiger partial charge on any atom is 0.249 e. The molecule has 0 fully saturated rings. The van der Waals surface area contributed by atoms with Crippen LogP contribution in [0.15, 0.2) is 222 Å². The highest BCUT2D eigenvalue weighted by molar-refractivity contribution is 8.00. The van der Waals surface area contributed by atoms with E-state index in [0.717, 1.165) is 11.4 Å². The lowest BCUT2D eigenvalue weighted by atomic mass is 9.34. The number of hydrogen-bond acceptors (Lipinski definition) is 4. The molecule has 0 bridgehead atoms. The molecule has 2 aliphatic heterocycles. The number of anilines is 3. The van der Waals surface area contributed by atoms with E-state index in [4.69, 9.17) is 0 Å². The van der Waals surface area contributed by atoms with Gasteiger partial charge >= 0.3 is 0 Å². The summed E-state index contributed by atoms with van der Waals surface area (Å²) >= 11 is 5.82. The lowest BCUT2D eigenvalue weighted by Crippen LogP contribution is -2.60. The van der Waals surface area contributed by atoms with Gasteiger partial charge in [-0.05, 0) is 116 Å². The molecule has 0 amide bonds. The maximum atomic E-state index is 2.68. The van der Waals surface area contributed by atoms with Gasteiger partial charge in [0.05, 0.1) is 16.7 Å². The summed E-state index contributed by atoms with van der Waals surface area (Å²) in [6.45, 7) is -0.0536. The van der Waals surface area contributed by atoms with E-state index in [1.165, 1.54) is 188 Å². The van der Waals surface area contributed by atoms with E-state index < -0.39 is 0 Å². The Morgan fingerprint density at radius 1 is 0.337 bits per heavy atom. The van der Waals surface area contributed by atoms with Gasteiger partial charge in [0.25, 0.3) is 0 Å². The summed E-state index contributed by atoms with van der Waals surface area (Å²) in [6.07, 6.45) is 0. The summed E-state index contributed by atoms with van der Waals surface area (Å²) in [5.74, 6) is 0. The Morgan fingerprint density at radius 3 is 1.37 bits per heavy atom. The molecule has 5 heterocycles. The first-order valence-electron chi connectivity index (χ1n) is 30.0. The molecule has 0 saturated heterocycles. The average molecular weight is 1140 g/mol. The molecule has 0 saturated carbocycles. The Morgan fingerprint density at radius 2 is 0.814 bits per heavy atom. The minimum atomic E-state index is -0.0536. The van der Waals surface area contributed by atoms with Crippen molar-refractivity contribution in [1.29, 1.82) is 0 Å². The Balaban J connectivity index is 0.959. The second kappa shape index (κ2) is 19.6. The molecular formula is C72H51B9N2S3. The van der Waals surface area contributed by atoms with Crippen LogP contribution in [0.25, 0.3) is 112 Å². The van der Waals surface area contributed by atoms with E-state index in [1.807, 2.05) is 34.4 Å². The summed E-state index contributed by atoms with van der Waals surface area (Å²) in [4.78, 5) is 5.25. The van der Waals surface area contributed by atoms with E-state index in [-0.39, 0.29) is 6.71 Å². The van der Waals surface area contributed by atoms with Crippen LogP contribution in [0.2, 0.25) is 0 Å². The molecular weight excluding hydrogens is 1090 g/mol. The number of aromatic nitrogens is 1. The van der Waals surface area contributed by atoms with Crippen molar-refractivity contribution in [3.8, 4) is 50.2 Å². The van der Waals surface area contributed by atoms with Gasteiger partial charge in [-0.25, -0.2) is 0 Å². The van der Waals surface area contributed by atoms with Crippen molar-refractivity contribution >= 4 is 243 Å². The topological polar surface area (TPSA) is 8.17 Å². The molecule has 2 aliphatic rings. The molecule has 2 nitrogen and oxygen atoms in total. The van der Waals surface area contributed by atoms with E-state index in [2.05, 4.69) is 285 Å². The van der Waals surface area contributed by atoms with Crippen molar-refractivity contribution in [1.82, 2.24) is 4.57 Å². The molecule has 3 aromatic heterocycles. The van der Waals surface area contributed by atoms with E-state index in [1.54, 1.807) is 0 Å². The number of thiophene rings is 2. The summed E-state index contributed by atoms with van der Waals surface area (Å²) in [5, 5.41) is 7.99. The number of nitrogens with zero attached hydrogens (tertiary/aromatic N) is 2. The van der Waals surface area contributed by atoms with E-state index >= 15 is 0 Å². The SMILES string of the molecule is Bc1c(B)c(B)c2c(sc3ccc(-c4ccc5c(c4)Sc4cc(-n6c7ccccc7c7ccccc76)cc6c4B5c4ccc(-c5ccc7sc8c(B)c(B)c(B)c(B)c8c7c5)cc4N6c4c(-c5ccccc5)cccc4-c4ccccc4)cc32)c1B. The van der Waals surface area contributed by atoms with Gasteiger partial charge in [0.1, 0.15) is 62.8 Å². The second-order valence-corrected chi connectivity index (χ2v) is 27.3. The van der Waals surface area contributed by atoms with Gasteiger partial charge in [-0.1, -0.05) is 191 Å². The Labute approximate surface area is 521 Å². The van der Waals surface area contributed by atoms with Crippen LogP contribution >= 0.6 is 34.4 Å². The second-order valence-electron chi connectivity index (χ2n) is 24.1. The largest absolute Gasteiger partial charge is 0.310 e. The third-order valence-corrected chi connectivity index (χ3v) is 23.6. The number of rotatable bonds is 6. The first kappa shape index (κ1) is 52.0. The predicted octanol–water partition coefficient (Wildman–Crippen LogP) is 5.02. The van der Waals surface area contributed by atoms with Crippen LogP contribution in [0.1, 0.15) is 0 Å². The van der Waals surface area contributed by atoms with Crippen LogP contribution < -0.4 is 65.0 Å². The average Bonchev–Trinajstić information content (AvgIpc) is 0.859. The summed E-state index contributed by atoms with van der Waals surface area (Å²) in [5.41, 5.74) is 31.8. The third-order valence-electron chi connectivity index (χ3n) is 19.9. The maximum absolute atomic E-state index is 2.68. The molecule has 14 heteroatoms. The van der Waals surface area contributed by atoms with Crippen LogP contribution in [0, 0.1) is 0 Å². The van der Waals surface area contributed by atoms with Gasteiger partial charge in [0, 0.05) is 78.3 Å². The first-order chi connectivity index (χ1) is 42.0. The Kier molecular flexibility index (Phi) is 11.8. The fourth-order valence-corrected chi connectivity index (χ4v) is 18.6. The highest BCUT2D eigenvalue weighted by Gasteiger charge is 2.43. The zero-order valence-electron chi connectivity index (χ0n) is 49.4. The molecule has 0 aliphatic carbocycles. The molecule has 15 aromatic rings. The van der Waals surface area contributed by atoms with Crippen molar-refractivity contribution in [3.05, 3.63) is 212 Å². The zero-order valence-corrected chi connectivity index (χ0v) is 51.9. The van der Waals surface area contributed by atoms with Crippen LogP contribution in [0.5, 0.6) is 0 Å². The van der Waals surface area contributed by atoms with Crippen molar-refractivity contribution < 1.29 is 0 Å². The molecule has 394 valence electrons. The van der Waals surface area contributed by atoms with Crippen molar-refractivity contribution in [3.63, 3.8) is 0 Å². The summed E-state index contributed by atoms with van der Waals surface area (Å²) < 4.78 is 8.01.